The topological polar surface area (TPSA) is 42.0 Å². The molecule has 0 radical (unpaired) electrons. The van der Waals surface area contributed by atoms with Crippen molar-refractivity contribution < 1.29 is 14.3 Å². The average molecular weight is 302 g/mol. The molecule has 0 fully saturated rings. The maximum absolute atomic E-state index is 11.7. The number of hydrogen-bond acceptors (Lipinski definition) is 4. The van der Waals surface area contributed by atoms with E-state index in [0.29, 0.717) is 32.3 Å². The van der Waals surface area contributed by atoms with Crippen LogP contribution in [-0.4, -0.2) is 75.4 Å². The van der Waals surface area contributed by atoms with Gasteiger partial charge in [0.1, 0.15) is 0 Å². The van der Waals surface area contributed by atoms with E-state index in [1.807, 2.05) is 7.05 Å². The Balaban J connectivity index is 3.38. The SMILES string of the molecule is CCCCN(C)C(=O)CCOCCOCCN(C)C(C)C. The number of hydrogen-bond donors (Lipinski definition) is 0. The fourth-order valence-electron chi connectivity index (χ4n) is 1.66. The first kappa shape index (κ1) is 20.3. The summed E-state index contributed by atoms with van der Waals surface area (Å²) in [5.74, 6) is 0.155. The highest BCUT2D eigenvalue weighted by Crippen LogP contribution is 1.96. The first-order valence-electron chi connectivity index (χ1n) is 8.08. The molecule has 0 rings (SSSR count). The van der Waals surface area contributed by atoms with E-state index in [2.05, 4.69) is 32.7 Å². The predicted molar refractivity (Wildman–Crippen MR) is 86.6 cm³/mol. The maximum Gasteiger partial charge on any atom is 0.224 e. The van der Waals surface area contributed by atoms with Crippen molar-refractivity contribution in [3.05, 3.63) is 0 Å². The molecule has 0 aromatic carbocycles. The fourth-order valence-corrected chi connectivity index (χ4v) is 1.66. The highest BCUT2D eigenvalue weighted by Gasteiger charge is 2.07. The van der Waals surface area contributed by atoms with E-state index < -0.39 is 0 Å². The zero-order chi connectivity index (χ0) is 16.1. The van der Waals surface area contributed by atoms with Gasteiger partial charge < -0.3 is 19.3 Å². The average Bonchev–Trinajstić information content (AvgIpc) is 2.46. The largest absolute Gasteiger partial charge is 0.379 e. The Bertz CT molecular complexity index is 260. The highest BCUT2D eigenvalue weighted by atomic mass is 16.5. The second kappa shape index (κ2) is 13.0. The predicted octanol–water partition coefficient (Wildman–Crippen LogP) is 2.01. The molecule has 0 unspecified atom stereocenters. The van der Waals surface area contributed by atoms with E-state index >= 15 is 0 Å². The third kappa shape index (κ3) is 11.7. The molecule has 0 aliphatic carbocycles. The molecule has 0 aliphatic rings. The lowest BCUT2D eigenvalue weighted by Crippen LogP contribution is -2.30. The summed E-state index contributed by atoms with van der Waals surface area (Å²) in [6.07, 6.45) is 2.62. The lowest BCUT2D eigenvalue weighted by molar-refractivity contribution is -0.131. The summed E-state index contributed by atoms with van der Waals surface area (Å²) in [5, 5.41) is 0. The summed E-state index contributed by atoms with van der Waals surface area (Å²) in [7, 11) is 3.94. The zero-order valence-electron chi connectivity index (χ0n) is 14.6. The molecule has 0 heterocycles. The van der Waals surface area contributed by atoms with E-state index in [-0.39, 0.29) is 5.91 Å². The number of carbonyl (C=O) groups is 1. The molecule has 0 aromatic heterocycles. The first-order valence-corrected chi connectivity index (χ1v) is 8.08. The summed E-state index contributed by atoms with van der Waals surface area (Å²) in [6, 6.07) is 0.542. The van der Waals surface area contributed by atoms with Gasteiger partial charge in [-0.05, 0) is 27.3 Å². The van der Waals surface area contributed by atoms with Gasteiger partial charge >= 0.3 is 0 Å². The Labute approximate surface area is 130 Å². The van der Waals surface area contributed by atoms with Gasteiger partial charge in [-0.15, -0.1) is 0 Å². The quantitative estimate of drug-likeness (QED) is 0.488. The molecule has 0 saturated carbocycles. The van der Waals surface area contributed by atoms with E-state index in [0.717, 1.165) is 32.5 Å². The van der Waals surface area contributed by atoms with Crippen molar-refractivity contribution >= 4 is 5.91 Å². The molecule has 126 valence electrons. The number of unbranched alkanes of at least 4 members (excludes halogenated alkanes) is 1. The second-order valence-corrected chi connectivity index (χ2v) is 5.72. The third-order valence-electron chi connectivity index (χ3n) is 3.57. The smallest absolute Gasteiger partial charge is 0.224 e. The van der Waals surface area contributed by atoms with E-state index in [9.17, 15) is 4.79 Å². The van der Waals surface area contributed by atoms with E-state index in [1.54, 1.807) is 4.90 Å². The lowest BCUT2D eigenvalue weighted by Gasteiger charge is -2.20. The number of likely N-dealkylation sites (N-methyl/N-ethyl adjacent to an activating group) is 1. The Morgan fingerprint density at radius 3 is 2.19 bits per heavy atom. The van der Waals surface area contributed by atoms with Crippen LogP contribution in [0.15, 0.2) is 0 Å². The minimum atomic E-state index is 0.155. The monoisotopic (exact) mass is 302 g/mol. The number of carbonyl (C=O) groups excluding carboxylic acids is 1. The third-order valence-corrected chi connectivity index (χ3v) is 3.57. The summed E-state index contributed by atoms with van der Waals surface area (Å²) in [5.41, 5.74) is 0. The molecule has 1 amide bonds. The molecule has 0 aromatic rings. The van der Waals surface area contributed by atoms with Gasteiger partial charge in [0.05, 0.1) is 32.8 Å². The van der Waals surface area contributed by atoms with Crippen LogP contribution in [0.3, 0.4) is 0 Å². The maximum atomic E-state index is 11.7. The van der Waals surface area contributed by atoms with Gasteiger partial charge in [-0.3, -0.25) is 4.79 Å². The standard InChI is InChI=1S/C16H34N2O3/c1-6-7-9-18(5)16(19)8-11-20-13-14-21-12-10-17(4)15(2)3/h15H,6-14H2,1-5H3. The van der Waals surface area contributed by atoms with Crippen molar-refractivity contribution in [1.82, 2.24) is 9.80 Å². The van der Waals surface area contributed by atoms with Gasteiger partial charge in [-0.2, -0.15) is 0 Å². The molecule has 21 heavy (non-hydrogen) atoms. The fraction of sp³-hybridized carbons (Fsp3) is 0.938. The van der Waals surface area contributed by atoms with Crippen LogP contribution in [0.1, 0.15) is 40.0 Å². The van der Waals surface area contributed by atoms with Gasteiger partial charge in [-0.1, -0.05) is 13.3 Å². The molecule has 5 nitrogen and oxygen atoms in total. The molecular weight excluding hydrogens is 268 g/mol. The number of nitrogens with zero attached hydrogens (tertiary/aromatic N) is 2. The normalized spacial score (nSPS) is 11.4. The molecule has 0 saturated heterocycles. The van der Waals surface area contributed by atoms with Crippen molar-refractivity contribution in [2.45, 2.75) is 46.1 Å². The van der Waals surface area contributed by atoms with Crippen molar-refractivity contribution in [3.63, 3.8) is 0 Å². The van der Waals surface area contributed by atoms with Crippen LogP contribution in [0.4, 0.5) is 0 Å². The summed E-state index contributed by atoms with van der Waals surface area (Å²) in [4.78, 5) is 15.8. The second-order valence-electron chi connectivity index (χ2n) is 5.72. The van der Waals surface area contributed by atoms with Crippen LogP contribution in [0, 0.1) is 0 Å². The highest BCUT2D eigenvalue weighted by molar-refractivity contribution is 5.75. The first-order chi connectivity index (χ1) is 9.99. The minimum Gasteiger partial charge on any atom is -0.379 e. The van der Waals surface area contributed by atoms with E-state index in [1.165, 1.54) is 0 Å². The Hall–Kier alpha value is -0.650. The minimum absolute atomic E-state index is 0.155. The Morgan fingerprint density at radius 2 is 1.62 bits per heavy atom. The van der Waals surface area contributed by atoms with Crippen LogP contribution in [0.25, 0.3) is 0 Å². The molecule has 0 aliphatic heterocycles. The number of ether oxygens (including phenoxy) is 2. The van der Waals surface area contributed by atoms with Gasteiger partial charge in [0, 0.05) is 26.2 Å². The molecule has 5 heteroatoms. The van der Waals surface area contributed by atoms with Crippen LogP contribution in [-0.2, 0) is 14.3 Å². The lowest BCUT2D eigenvalue weighted by atomic mass is 10.3. The van der Waals surface area contributed by atoms with Gasteiger partial charge in [-0.25, -0.2) is 0 Å². The van der Waals surface area contributed by atoms with Crippen LogP contribution in [0.5, 0.6) is 0 Å². The zero-order valence-corrected chi connectivity index (χ0v) is 14.6. The number of amides is 1. The van der Waals surface area contributed by atoms with Gasteiger partial charge in [0.15, 0.2) is 0 Å². The Kier molecular flexibility index (Phi) is 12.6. The van der Waals surface area contributed by atoms with Crippen molar-refractivity contribution in [2.24, 2.45) is 0 Å². The summed E-state index contributed by atoms with van der Waals surface area (Å²) < 4.78 is 10.9. The number of rotatable bonds is 13. The Morgan fingerprint density at radius 1 is 1.00 bits per heavy atom. The van der Waals surface area contributed by atoms with Crippen molar-refractivity contribution in [1.29, 1.82) is 0 Å². The van der Waals surface area contributed by atoms with Crippen LogP contribution < -0.4 is 0 Å². The molecule has 0 spiro atoms. The molecule has 0 bridgehead atoms. The van der Waals surface area contributed by atoms with E-state index in [4.69, 9.17) is 9.47 Å². The van der Waals surface area contributed by atoms with Crippen molar-refractivity contribution in [2.75, 3.05) is 53.6 Å². The molecule has 0 atom stereocenters. The summed E-state index contributed by atoms with van der Waals surface area (Å²) in [6.45, 7) is 10.6. The van der Waals surface area contributed by atoms with Gasteiger partial charge in [0.25, 0.3) is 0 Å². The van der Waals surface area contributed by atoms with Crippen LogP contribution in [0.2, 0.25) is 0 Å². The molecule has 0 N–H and O–H groups in total. The van der Waals surface area contributed by atoms with Gasteiger partial charge in [0.2, 0.25) is 5.91 Å². The van der Waals surface area contributed by atoms with Crippen LogP contribution >= 0.6 is 0 Å². The summed E-state index contributed by atoms with van der Waals surface area (Å²) >= 11 is 0. The molecular formula is C16H34N2O3. The van der Waals surface area contributed by atoms with Crippen molar-refractivity contribution in [3.8, 4) is 0 Å².